The number of carbonyl (C=O) groups excluding carboxylic acids is 2. The Hall–Kier alpha value is -1.49. The molecule has 2 amide bonds. The molecule has 2 rings (SSSR count). The lowest BCUT2D eigenvalue weighted by atomic mass is 9.86. The SMILES string of the molecule is Cc1cc(Br)cc(Br)c1OCC(=O)NNC(=S)NC(=O)c1ccc(C(C)(C)C)c(Br)c1. The van der Waals surface area contributed by atoms with E-state index in [1.807, 2.05) is 25.1 Å². The molecule has 6 nitrogen and oxygen atoms in total. The first-order chi connectivity index (χ1) is 14.4. The van der Waals surface area contributed by atoms with Crippen molar-refractivity contribution in [1.29, 1.82) is 0 Å². The Balaban J connectivity index is 1.86. The Bertz CT molecular complexity index is 1000. The molecule has 0 bridgehead atoms. The van der Waals surface area contributed by atoms with Gasteiger partial charge in [0.1, 0.15) is 5.75 Å². The largest absolute Gasteiger partial charge is 0.482 e. The lowest BCUT2D eigenvalue weighted by Gasteiger charge is -2.21. The number of carbonyl (C=O) groups is 2. The van der Waals surface area contributed by atoms with E-state index in [0.29, 0.717) is 11.3 Å². The van der Waals surface area contributed by atoms with Gasteiger partial charge in [-0.05, 0) is 75.9 Å². The molecule has 0 aromatic heterocycles. The second kappa shape index (κ2) is 10.9. The van der Waals surface area contributed by atoms with Gasteiger partial charge < -0.3 is 4.74 Å². The Kier molecular flexibility index (Phi) is 9.05. The fourth-order valence-corrected chi connectivity index (χ4v) is 5.31. The number of amides is 2. The molecule has 2 aromatic carbocycles. The monoisotopic (exact) mass is 633 g/mol. The average Bonchev–Trinajstić information content (AvgIpc) is 2.64. The quantitative estimate of drug-likeness (QED) is 0.314. The van der Waals surface area contributed by atoms with Gasteiger partial charge in [-0.2, -0.15) is 0 Å². The summed E-state index contributed by atoms with van der Waals surface area (Å²) in [5.41, 5.74) is 7.24. The summed E-state index contributed by atoms with van der Waals surface area (Å²) in [7, 11) is 0. The molecule has 0 fully saturated rings. The third kappa shape index (κ3) is 7.55. The van der Waals surface area contributed by atoms with Crippen LogP contribution in [0.15, 0.2) is 43.7 Å². The van der Waals surface area contributed by atoms with E-state index in [0.717, 1.165) is 24.5 Å². The van der Waals surface area contributed by atoms with Crippen LogP contribution in [0.25, 0.3) is 0 Å². The molecule has 10 heteroatoms. The maximum absolute atomic E-state index is 12.4. The molecule has 0 unspecified atom stereocenters. The van der Waals surface area contributed by atoms with Gasteiger partial charge in [0.05, 0.1) is 4.47 Å². The normalized spacial score (nSPS) is 10.9. The van der Waals surface area contributed by atoms with E-state index in [1.165, 1.54) is 0 Å². The topological polar surface area (TPSA) is 79.5 Å². The van der Waals surface area contributed by atoms with Gasteiger partial charge >= 0.3 is 0 Å². The summed E-state index contributed by atoms with van der Waals surface area (Å²) in [4.78, 5) is 24.5. The lowest BCUT2D eigenvalue weighted by molar-refractivity contribution is -0.123. The number of hydrazine groups is 1. The Morgan fingerprint density at radius 2 is 1.71 bits per heavy atom. The molecule has 0 radical (unpaired) electrons. The van der Waals surface area contributed by atoms with Crippen LogP contribution in [0.3, 0.4) is 0 Å². The maximum atomic E-state index is 12.4. The number of aryl methyl sites for hydroxylation is 1. The third-order valence-corrected chi connectivity index (χ3v) is 6.03. The van der Waals surface area contributed by atoms with Gasteiger partial charge in [-0.1, -0.05) is 58.7 Å². The molecule has 0 saturated carbocycles. The molecule has 166 valence electrons. The van der Waals surface area contributed by atoms with Crippen molar-refractivity contribution in [1.82, 2.24) is 16.2 Å². The average molecular weight is 636 g/mol. The molecule has 31 heavy (non-hydrogen) atoms. The minimum Gasteiger partial charge on any atom is -0.482 e. The molecule has 0 spiro atoms. The predicted octanol–water partition coefficient (Wildman–Crippen LogP) is 5.29. The van der Waals surface area contributed by atoms with Crippen molar-refractivity contribution in [2.24, 2.45) is 0 Å². The van der Waals surface area contributed by atoms with E-state index in [4.69, 9.17) is 17.0 Å². The highest BCUT2D eigenvalue weighted by Crippen LogP contribution is 2.32. The summed E-state index contributed by atoms with van der Waals surface area (Å²) in [5, 5.41) is 2.50. The van der Waals surface area contributed by atoms with Gasteiger partial charge in [0, 0.05) is 14.5 Å². The van der Waals surface area contributed by atoms with E-state index >= 15 is 0 Å². The van der Waals surface area contributed by atoms with Crippen LogP contribution in [-0.2, 0) is 10.2 Å². The molecule has 2 aromatic rings. The van der Waals surface area contributed by atoms with E-state index < -0.39 is 11.8 Å². The number of benzene rings is 2. The van der Waals surface area contributed by atoms with Crippen molar-refractivity contribution in [3.05, 3.63) is 60.4 Å². The Labute approximate surface area is 212 Å². The third-order valence-electron chi connectivity index (χ3n) is 4.12. The molecular formula is C21H22Br3N3O3S. The molecule has 0 atom stereocenters. The van der Waals surface area contributed by atoms with Crippen molar-refractivity contribution in [2.45, 2.75) is 33.1 Å². The maximum Gasteiger partial charge on any atom is 0.276 e. The first-order valence-corrected chi connectivity index (χ1v) is 12.0. The van der Waals surface area contributed by atoms with Crippen LogP contribution in [-0.4, -0.2) is 23.5 Å². The van der Waals surface area contributed by atoms with Crippen LogP contribution < -0.4 is 20.9 Å². The second-order valence-corrected chi connectivity index (χ2v) is 10.8. The first-order valence-electron chi connectivity index (χ1n) is 9.17. The summed E-state index contributed by atoms with van der Waals surface area (Å²) in [5.74, 6) is -0.278. The van der Waals surface area contributed by atoms with E-state index in [9.17, 15) is 9.59 Å². The number of rotatable bonds is 4. The molecule has 3 N–H and O–H groups in total. The standard InChI is InChI=1S/C21H22Br3N3O3S/c1-11-7-13(22)9-16(24)18(11)30-10-17(28)26-27-20(31)25-19(29)12-5-6-14(15(23)8-12)21(2,3)4/h5-9H,10H2,1-4H3,(H,26,28)(H2,25,27,29,31). The molecule has 0 aliphatic carbocycles. The van der Waals surface area contributed by atoms with Crippen LogP contribution in [0, 0.1) is 6.92 Å². The summed E-state index contributed by atoms with van der Waals surface area (Å²) < 4.78 is 8.03. The van der Waals surface area contributed by atoms with Crippen LogP contribution >= 0.6 is 60.0 Å². The molecule has 0 aliphatic heterocycles. The van der Waals surface area contributed by atoms with Crippen LogP contribution in [0.5, 0.6) is 5.75 Å². The van der Waals surface area contributed by atoms with E-state index in [-0.39, 0.29) is 17.1 Å². The summed E-state index contributed by atoms with van der Waals surface area (Å²) in [6.45, 7) is 7.92. The number of thiocarbonyl (C=S) groups is 1. The highest BCUT2D eigenvalue weighted by Gasteiger charge is 2.19. The van der Waals surface area contributed by atoms with Gasteiger partial charge in [0.15, 0.2) is 11.7 Å². The predicted molar refractivity (Wildman–Crippen MR) is 136 cm³/mol. The zero-order valence-corrected chi connectivity index (χ0v) is 22.9. The van der Waals surface area contributed by atoms with Crippen molar-refractivity contribution in [3.63, 3.8) is 0 Å². The molecule has 0 saturated heterocycles. The van der Waals surface area contributed by atoms with Crippen molar-refractivity contribution >= 4 is 76.9 Å². The van der Waals surface area contributed by atoms with Gasteiger partial charge in [0.2, 0.25) is 0 Å². The van der Waals surface area contributed by atoms with E-state index in [1.54, 1.807) is 12.1 Å². The van der Waals surface area contributed by atoms with Gasteiger partial charge in [-0.15, -0.1) is 0 Å². The van der Waals surface area contributed by atoms with E-state index in [2.05, 4.69) is 84.7 Å². The van der Waals surface area contributed by atoms with Crippen LogP contribution in [0.1, 0.15) is 42.3 Å². The van der Waals surface area contributed by atoms with Crippen LogP contribution in [0.4, 0.5) is 0 Å². The Morgan fingerprint density at radius 3 is 2.29 bits per heavy atom. The smallest absolute Gasteiger partial charge is 0.276 e. The van der Waals surface area contributed by atoms with Crippen LogP contribution in [0.2, 0.25) is 0 Å². The summed E-state index contributed by atoms with van der Waals surface area (Å²) in [6, 6.07) is 9.08. The van der Waals surface area contributed by atoms with Crippen molar-refractivity contribution in [3.8, 4) is 5.75 Å². The Morgan fingerprint density at radius 1 is 1.03 bits per heavy atom. The fourth-order valence-electron chi connectivity index (χ4n) is 2.64. The molecular weight excluding hydrogens is 614 g/mol. The van der Waals surface area contributed by atoms with Crippen molar-refractivity contribution in [2.75, 3.05) is 6.61 Å². The van der Waals surface area contributed by atoms with Gasteiger partial charge in [-0.3, -0.25) is 25.8 Å². The second-order valence-electron chi connectivity index (χ2n) is 7.72. The fraction of sp³-hybridized carbons (Fsp3) is 0.286. The lowest BCUT2D eigenvalue weighted by Crippen LogP contribution is -2.49. The summed E-state index contributed by atoms with van der Waals surface area (Å²) >= 11 is 15.4. The number of ether oxygens (including phenoxy) is 1. The minimum absolute atomic E-state index is 0.0321. The highest BCUT2D eigenvalue weighted by atomic mass is 79.9. The van der Waals surface area contributed by atoms with Crippen molar-refractivity contribution < 1.29 is 14.3 Å². The summed E-state index contributed by atoms with van der Waals surface area (Å²) in [6.07, 6.45) is 0. The number of hydrogen-bond acceptors (Lipinski definition) is 4. The minimum atomic E-state index is -0.455. The number of hydrogen-bond donors (Lipinski definition) is 3. The molecule has 0 heterocycles. The number of halogens is 3. The zero-order valence-electron chi connectivity index (χ0n) is 17.4. The highest BCUT2D eigenvalue weighted by molar-refractivity contribution is 9.11. The van der Waals surface area contributed by atoms with Gasteiger partial charge in [0.25, 0.3) is 11.8 Å². The molecule has 0 aliphatic rings. The first kappa shape index (κ1) is 25.8. The zero-order chi connectivity index (χ0) is 23.3. The number of nitrogens with one attached hydrogen (secondary N) is 3. The van der Waals surface area contributed by atoms with Gasteiger partial charge in [-0.25, -0.2) is 0 Å².